The second kappa shape index (κ2) is 12.0. The number of amides is 1. The van der Waals surface area contributed by atoms with E-state index in [0.717, 1.165) is 0 Å². The molecule has 7 nitrogen and oxygen atoms in total. The van der Waals surface area contributed by atoms with Gasteiger partial charge in [-0.1, -0.05) is 41.4 Å². The molecule has 0 radical (unpaired) electrons. The molecule has 178 valence electrons. The van der Waals surface area contributed by atoms with E-state index < -0.39 is 23.7 Å². The van der Waals surface area contributed by atoms with Crippen LogP contribution in [0, 0.1) is 17.2 Å². The summed E-state index contributed by atoms with van der Waals surface area (Å²) in [5, 5.41) is 13.5. The predicted molar refractivity (Wildman–Crippen MR) is 131 cm³/mol. The maximum atomic E-state index is 13.0. The fourth-order valence-corrected chi connectivity index (χ4v) is 5.03. The molecule has 2 aromatic carbocycles. The zero-order chi connectivity index (χ0) is 24.7. The van der Waals surface area contributed by atoms with Crippen LogP contribution >= 0.6 is 35.0 Å². The van der Waals surface area contributed by atoms with E-state index in [1.54, 1.807) is 19.1 Å². The van der Waals surface area contributed by atoms with E-state index in [1.807, 2.05) is 30.3 Å². The highest BCUT2D eigenvalue weighted by Crippen LogP contribution is 2.44. The number of nitrogens with one attached hydrogen (secondary N) is 1. The highest BCUT2D eigenvalue weighted by Gasteiger charge is 2.44. The van der Waals surface area contributed by atoms with Gasteiger partial charge in [-0.25, -0.2) is 0 Å². The van der Waals surface area contributed by atoms with Crippen LogP contribution in [-0.2, 0) is 14.3 Å². The molecule has 2 atom stereocenters. The Bertz CT molecular complexity index is 1110. The van der Waals surface area contributed by atoms with Crippen LogP contribution in [0.2, 0.25) is 10.0 Å². The Morgan fingerprint density at radius 1 is 1.18 bits per heavy atom. The van der Waals surface area contributed by atoms with E-state index in [0.29, 0.717) is 41.1 Å². The van der Waals surface area contributed by atoms with Crippen molar-refractivity contribution in [1.82, 2.24) is 5.32 Å². The molecular formula is C24H22Cl2N2O5S. The summed E-state index contributed by atoms with van der Waals surface area (Å²) in [5.41, 5.74) is 0.634. The third-order valence-electron chi connectivity index (χ3n) is 4.99. The first-order valence-electron chi connectivity index (χ1n) is 10.4. The number of ether oxygens (including phenoxy) is 3. The van der Waals surface area contributed by atoms with Gasteiger partial charge in [-0.3, -0.25) is 9.59 Å². The van der Waals surface area contributed by atoms with Crippen molar-refractivity contribution in [1.29, 1.82) is 5.26 Å². The number of carbonyl (C=O) groups excluding carboxylic acids is 2. The van der Waals surface area contributed by atoms with Crippen molar-refractivity contribution in [3.63, 3.8) is 0 Å². The average molecular weight is 521 g/mol. The largest absolute Gasteiger partial charge is 0.493 e. The van der Waals surface area contributed by atoms with Crippen LogP contribution in [0.3, 0.4) is 0 Å². The second-order valence-electron chi connectivity index (χ2n) is 7.08. The van der Waals surface area contributed by atoms with Crippen molar-refractivity contribution in [2.24, 2.45) is 5.92 Å². The van der Waals surface area contributed by atoms with Crippen molar-refractivity contribution >= 4 is 46.8 Å². The number of allylic oxidation sites excluding steroid dienone is 1. The summed E-state index contributed by atoms with van der Waals surface area (Å²) in [6, 6.07) is 14.5. The highest BCUT2D eigenvalue weighted by atomic mass is 35.5. The molecule has 2 aromatic rings. The van der Waals surface area contributed by atoms with Gasteiger partial charge in [0.15, 0.2) is 5.75 Å². The number of methoxy groups -OCH3 is 1. The molecule has 0 saturated carbocycles. The Labute approximate surface area is 212 Å². The van der Waals surface area contributed by atoms with Crippen LogP contribution in [0.1, 0.15) is 18.4 Å². The molecule has 1 aliphatic heterocycles. The lowest BCUT2D eigenvalue weighted by atomic mass is 9.78. The average Bonchev–Trinajstić information content (AvgIpc) is 2.83. The number of para-hydroxylation sites is 1. The standard InChI is InChI=1S/C24H22Cl2N2O5S/c1-3-32-21-17(25)11-14(12-18(21)26)19-16(13-27)23(28-22(29)20(19)24(30)31-2)34-10-9-33-15-7-5-4-6-8-15/h4-8,11-12,19-20H,3,9-10H2,1-2H3,(H,28,29)/t19-,20+/m1/s1. The Hall–Kier alpha value is -2.86. The smallest absolute Gasteiger partial charge is 0.319 e. The molecule has 0 aromatic heterocycles. The quantitative estimate of drug-likeness (QED) is 0.284. The minimum absolute atomic E-state index is 0.205. The molecule has 10 heteroatoms. The van der Waals surface area contributed by atoms with Gasteiger partial charge in [0.25, 0.3) is 0 Å². The van der Waals surface area contributed by atoms with E-state index in [1.165, 1.54) is 18.9 Å². The number of nitrogens with zero attached hydrogens (tertiary/aromatic N) is 1. The summed E-state index contributed by atoms with van der Waals surface area (Å²) in [4.78, 5) is 25.5. The van der Waals surface area contributed by atoms with Crippen LogP contribution in [0.25, 0.3) is 0 Å². The number of esters is 1. The minimum Gasteiger partial charge on any atom is -0.493 e. The molecule has 34 heavy (non-hydrogen) atoms. The van der Waals surface area contributed by atoms with Gasteiger partial charge < -0.3 is 19.5 Å². The number of benzene rings is 2. The summed E-state index contributed by atoms with van der Waals surface area (Å²) in [5.74, 6) is -2.11. The number of halogens is 2. The van der Waals surface area contributed by atoms with Gasteiger partial charge in [-0.05, 0) is 36.8 Å². The fraction of sp³-hybridized carbons (Fsp3) is 0.292. The molecule has 0 saturated heterocycles. The van der Waals surface area contributed by atoms with Gasteiger partial charge in [-0.15, -0.1) is 11.8 Å². The Kier molecular flexibility index (Phi) is 9.11. The number of carbonyl (C=O) groups is 2. The van der Waals surface area contributed by atoms with Gasteiger partial charge in [0.05, 0.1) is 47.0 Å². The Balaban J connectivity index is 1.94. The number of rotatable bonds is 9. The lowest BCUT2D eigenvalue weighted by molar-refractivity contribution is -0.150. The molecule has 0 aliphatic carbocycles. The van der Waals surface area contributed by atoms with E-state index >= 15 is 0 Å². The first kappa shape index (κ1) is 25.8. The van der Waals surface area contributed by atoms with E-state index in [4.69, 9.17) is 37.4 Å². The van der Waals surface area contributed by atoms with Crippen LogP contribution < -0.4 is 14.8 Å². The van der Waals surface area contributed by atoms with Crippen LogP contribution in [-0.4, -0.2) is 38.0 Å². The normalized spacial score (nSPS) is 17.6. The molecule has 0 fully saturated rings. The third kappa shape index (κ3) is 5.79. The molecule has 0 unspecified atom stereocenters. The zero-order valence-electron chi connectivity index (χ0n) is 18.5. The maximum Gasteiger partial charge on any atom is 0.319 e. The van der Waals surface area contributed by atoms with Crippen molar-refractivity contribution in [3.05, 3.63) is 68.7 Å². The Morgan fingerprint density at radius 3 is 2.44 bits per heavy atom. The summed E-state index contributed by atoms with van der Waals surface area (Å²) >= 11 is 14.0. The van der Waals surface area contributed by atoms with E-state index in [2.05, 4.69) is 11.4 Å². The van der Waals surface area contributed by atoms with Crippen molar-refractivity contribution in [2.75, 3.05) is 26.1 Å². The monoisotopic (exact) mass is 520 g/mol. The second-order valence-corrected chi connectivity index (χ2v) is 9.00. The SMILES string of the molecule is CCOc1c(Cl)cc([C@@H]2C(C#N)=C(SCCOc3ccccc3)NC(=O)[C@H]2C(=O)OC)cc1Cl. The van der Waals surface area contributed by atoms with E-state index in [-0.39, 0.29) is 15.6 Å². The van der Waals surface area contributed by atoms with Crippen LogP contribution in [0.4, 0.5) is 0 Å². The number of hydrogen-bond acceptors (Lipinski definition) is 7. The summed E-state index contributed by atoms with van der Waals surface area (Å²) in [6.07, 6.45) is 0. The van der Waals surface area contributed by atoms with Crippen molar-refractivity contribution in [2.45, 2.75) is 12.8 Å². The third-order valence-corrected chi connectivity index (χ3v) is 6.54. The summed E-state index contributed by atoms with van der Waals surface area (Å²) < 4.78 is 16.0. The molecule has 1 N–H and O–H groups in total. The van der Waals surface area contributed by atoms with Gasteiger partial charge in [0, 0.05) is 11.7 Å². The first-order valence-corrected chi connectivity index (χ1v) is 12.1. The number of hydrogen-bond donors (Lipinski definition) is 1. The number of thioether (sulfide) groups is 1. The van der Waals surface area contributed by atoms with Crippen LogP contribution in [0.15, 0.2) is 53.1 Å². The van der Waals surface area contributed by atoms with Gasteiger partial charge in [-0.2, -0.15) is 5.26 Å². The van der Waals surface area contributed by atoms with E-state index in [9.17, 15) is 14.9 Å². The molecule has 1 aliphatic rings. The molecule has 3 rings (SSSR count). The number of nitriles is 1. The molecular weight excluding hydrogens is 499 g/mol. The maximum absolute atomic E-state index is 13.0. The van der Waals surface area contributed by atoms with Gasteiger partial charge in [0.1, 0.15) is 11.7 Å². The fourth-order valence-electron chi connectivity index (χ4n) is 3.54. The molecule has 1 heterocycles. The summed E-state index contributed by atoms with van der Waals surface area (Å²) in [7, 11) is 1.19. The topological polar surface area (TPSA) is 97.6 Å². The molecule has 0 bridgehead atoms. The molecule has 1 amide bonds. The predicted octanol–water partition coefficient (Wildman–Crippen LogP) is 4.94. The Morgan fingerprint density at radius 2 is 1.85 bits per heavy atom. The van der Waals surface area contributed by atoms with Gasteiger partial charge >= 0.3 is 5.97 Å². The lowest BCUT2D eigenvalue weighted by Gasteiger charge is -2.31. The van der Waals surface area contributed by atoms with Crippen LogP contribution in [0.5, 0.6) is 11.5 Å². The summed E-state index contributed by atoms with van der Waals surface area (Å²) in [6.45, 7) is 2.49. The molecule has 0 spiro atoms. The minimum atomic E-state index is -1.28. The van der Waals surface area contributed by atoms with Crippen molar-refractivity contribution in [3.8, 4) is 17.6 Å². The first-order chi connectivity index (χ1) is 16.4. The lowest BCUT2D eigenvalue weighted by Crippen LogP contribution is -2.44. The van der Waals surface area contributed by atoms with Crippen molar-refractivity contribution < 1.29 is 23.8 Å². The van der Waals surface area contributed by atoms with Gasteiger partial charge in [0.2, 0.25) is 5.91 Å². The zero-order valence-corrected chi connectivity index (χ0v) is 20.8. The highest BCUT2D eigenvalue weighted by molar-refractivity contribution is 8.03.